The Kier molecular flexibility index (Phi) is 6.39. The van der Waals surface area contributed by atoms with E-state index in [9.17, 15) is 4.21 Å². The molecule has 1 aromatic rings. The largest absolute Gasteiger partial charge is 0.373 e. The summed E-state index contributed by atoms with van der Waals surface area (Å²) in [5.74, 6) is 1.28. The van der Waals surface area contributed by atoms with Crippen molar-refractivity contribution in [1.82, 2.24) is 10.6 Å². The van der Waals surface area contributed by atoms with E-state index in [-0.39, 0.29) is 5.60 Å². The molecule has 0 spiro atoms. The molecule has 0 saturated carbocycles. The summed E-state index contributed by atoms with van der Waals surface area (Å²) in [4.78, 5) is 5.05. The van der Waals surface area contributed by atoms with Crippen LogP contribution in [0.4, 0.5) is 0 Å². The van der Waals surface area contributed by atoms with Crippen molar-refractivity contribution in [2.45, 2.75) is 30.3 Å². The number of hydrogen-bond donors (Lipinski definition) is 2. The van der Waals surface area contributed by atoms with Gasteiger partial charge in [-0.15, -0.1) is 0 Å². The molecule has 22 heavy (non-hydrogen) atoms. The van der Waals surface area contributed by atoms with Crippen molar-refractivity contribution in [1.29, 1.82) is 0 Å². The standard InChI is InChI=1S/C16H25N3O2S/c1-16(9-6-11-21-16)13-19-15(17-2)18-10-12-22(20)14-7-4-3-5-8-14/h3-5,7-8H,6,9-13H2,1-2H3,(H2,17,18,19). The van der Waals surface area contributed by atoms with Gasteiger partial charge in [-0.1, -0.05) is 18.2 Å². The second-order valence-corrected chi connectivity index (χ2v) is 7.19. The van der Waals surface area contributed by atoms with Crippen LogP contribution in [-0.2, 0) is 15.5 Å². The highest BCUT2D eigenvalue weighted by Crippen LogP contribution is 2.23. The van der Waals surface area contributed by atoms with Crippen molar-refractivity contribution >= 4 is 16.8 Å². The minimum absolute atomic E-state index is 0.107. The van der Waals surface area contributed by atoms with Gasteiger partial charge < -0.3 is 15.4 Å². The topological polar surface area (TPSA) is 62.7 Å². The number of rotatable bonds is 6. The molecule has 1 aliphatic heterocycles. The molecule has 1 aromatic carbocycles. The summed E-state index contributed by atoms with van der Waals surface area (Å²) < 4.78 is 17.9. The smallest absolute Gasteiger partial charge is 0.191 e. The molecule has 0 radical (unpaired) electrons. The summed E-state index contributed by atoms with van der Waals surface area (Å²) in [5, 5.41) is 6.48. The Morgan fingerprint density at radius 1 is 1.36 bits per heavy atom. The molecule has 1 saturated heterocycles. The van der Waals surface area contributed by atoms with Crippen LogP contribution in [0.15, 0.2) is 40.2 Å². The summed E-state index contributed by atoms with van der Waals surface area (Å²) in [6, 6.07) is 9.52. The summed E-state index contributed by atoms with van der Waals surface area (Å²) in [6.45, 7) is 4.29. The number of benzene rings is 1. The van der Waals surface area contributed by atoms with Crippen LogP contribution in [0.1, 0.15) is 19.8 Å². The second-order valence-electron chi connectivity index (χ2n) is 5.62. The minimum Gasteiger partial charge on any atom is -0.373 e. The molecule has 2 unspecified atom stereocenters. The number of hydrogen-bond acceptors (Lipinski definition) is 3. The Balaban J connectivity index is 1.71. The Bertz CT molecular complexity index is 513. The Hall–Kier alpha value is -1.40. The van der Waals surface area contributed by atoms with E-state index < -0.39 is 10.8 Å². The van der Waals surface area contributed by atoms with Crippen molar-refractivity contribution in [3.8, 4) is 0 Å². The summed E-state index contributed by atoms with van der Waals surface area (Å²) in [6.07, 6.45) is 2.18. The van der Waals surface area contributed by atoms with E-state index in [1.165, 1.54) is 0 Å². The lowest BCUT2D eigenvalue weighted by molar-refractivity contribution is 0.0243. The molecule has 1 fully saturated rings. The predicted molar refractivity (Wildman–Crippen MR) is 90.7 cm³/mol. The summed E-state index contributed by atoms with van der Waals surface area (Å²) >= 11 is 0. The number of guanidine groups is 1. The average Bonchev–Trinajstić information content (AvgIpc) is 2.98. The lowest BCUT2D eigenvalue weighted by Gasteiger charge is -2.24. The first-order chi connectivity index (χ1) is 10.6. The van der Waals surface area contributed by atoms with Gasteiger partial charge in [0, 0.05) is 37.4 Å². The third-order valence-electron chi connectivity index (χ3n) is 3.74. The quantitative estimate of drug-likeness (QED) is 0.616. The lowest BCUT2D eigenvalue weighted by Crippen LogP contribution is -2.46. The number of nitrogens with zero attached hydrogens (tertiary/aromatic N) is 1. The Morgan fingerprint density at radius 3 is 2.77 bits per heavy atom. The fourth-order valence-electron chi connectivity index (χ4n) is 2.42. The maximum Gasteiger partial charge on any atom is 0.191 e. The van der Waals surface area contributed by atoms with E-state index >= 15 is 0 Å². The van der Waals surface area contributed by atoms with Crippen LogP contribution in [-0.4, -0.2) is 48.3 Å². The predicted octanol–water partition coefficient (Wildman–Crippen LogP) is 1.53. The van der Waals surface area contributed by atoms with Crippen LogP contribution in [0.25, 0.3) is 0 Å². The maximum absolute atomic E-state index is 12.1. The Morgan fingerprint density at radius 2 is 2.14 bits per heavy atom. The zero-order valence-electron chi connectivity index (χ0n) is 13.3. The first-order valence-electron chi connectivity index (χ1n) is 7.65. The third kappa shape index (κ3) is 5.10. The molecule has 2 N–H and O–H groups in total. The van der Waals surface area contributed by atoms with Crippen molar-refractivity contribution < 1.29 is 8.95 Å². The first-order valence-corrected chi connectivity index (χ1v) is 8.97. The highest BCUT2D eigenvalue weighted by molar-refractivity contribution is 7.85. The molecular formula is C16H25N3O2S. The molecule has 0 bridgehead atoms. The van der Waals surface area contributed by atoms with Crippen LogP contribution in [0.5, 0.6) is 0 Å². The van der Waals surface area contributed by atoms with Gasteiger partial charge in [0.1, 0.15) is 0 Å². The van der Waals surface area contributed by atoms with Crippen LogP contribution >= 0.6 is 0 Å². The Labute approximate surface area is 135 Å². The van der Waals surface area contributed by atoms with Crippen molar-refractivity contribution in [3.05, 3.63) is 30.3 Å². The number of aliphatic imine (C=N–C) groups is 1. The number of ether oxygens (including phenoxy) is 1. The molecule has 6 heteroatoms. The minimum atomic E-state index is -0.986. The van der Waals surface area contributed by atoms with Gasteiger partial charge in [0.15, 0.2) is 5.96 Å². The molecule has 122 valence electrons. The van der Waals surface area contributed by atoms with Gasteiger partial charge in [-0.2, -0.15) is 0 Å². The highest BCUT2D eigenvalue weighted by atomic mass is 32.2. The maximum atomic E-state index is 12.1. The fraction of sp³-hybridized carbons (Fsp3) is 0.562. The molecule has 1 heterocycles. The molecule has 2 rings (SSSR count). The molecule has 0 aliphatic carbocycles. The van der Waals surface area contributed by atoms with Crippen molar-refractivity contribution in [2.75, 3.05) is 32.5 Å². The van der Waals surface area contributed by atoms with Crippen molar-refractivity contribution in [3.63, 3.8) is 0 Å². The van der Waals surface area contributed by atoms with E-state index in [0.29, 0.717) is 12.3 Å². The molecule has 5 nitrogen and oxygen atoms in total. The van der Waals surface area contributed by atoms with E-state index in [1.807, 2.05) is 30.3 Å². The first kappa shape index (κ1) is 17.0. The van der Waals surface area contributed by atoms with Gasteiger partial charge in [-0.25, -0.2) is 0 Å². The van der Waals surface area contributed by atoms with E-state index in [0.717, 1.165) is 36.8 Å². The average molecular weight is 323 g/mol. The van der Waals surface area contributed by atoms with Crippen LogP contribution < -0.4 is 10.6 Å². The third-order valence-corrected chi connectivity index (χ3v) is 5.11. The van der Waals surface area contributed by atoms with Gasteiger partial charge in [0.2, 0.25) is 0 Å². The summed E-state index contributed by atoms with van der Waals surface area (Å²) in [7, 11) is 0.751. The van der Waals surface area contributed by atoms with Gasteiger partial charge in [-0.3, -0.25) is 9.20 Å². The molecule has 0 amide bonds. The van der Waals surface area contributed by atoms with E-state index in [1.54, 1.807) is 7.05 Å². The zero-order chi connectivity index (χ0) is 15.8. The molecule has 0 aromatic heterocycles. The van der Waals surface area contributed by atoms with Crippen LogP contribution in [0.3, 0.4) is 0 Å². The SMILES string of the molecule is CN=C(NCCS(=O)c1ccccc1)NCC1(C)CCCO1. The number of nitrogens with one attached hydrogen (secondary N) is 2. The monoisotopic (exact) mass is 323 g/mol. The second kappa shape index (κ2) is 8.29. The highest BCUT2D eigenvalue weighted by Gasteiger charge is 2.29. The zero-order valence-corrected chi connectivity index (χ0v) is 14.1. The van der Waals surface area contributed by atoms with Gasteiger partial charge in [0.05, 0.1) is 16.4 Å². The van der Waals surface area contributed by atoms with E-state index in [4.69, 9.17) is 4.74 Å². The van der Waals surface area contributed by atoms with Gasteiger partial charge in [-0.05, 0) is 31.9 Å². The summed E-state index contributed by atoms with van der Waals surface area (Å²) in [5.41, 5.74) is -0.107. The van der Waals surface area contributed by atoms with Gasteiger partial charge in [0.25, 0.3) is 0 Å². The molecule has 2 atom stereocenters. The van der Waals surface area contributed by atoms with E-state index in [2.05, 4.69) is 22.5 Å². The van der Waals surface area contributed by atoms with Crippen LogP contribution in [0.2, 0.25) is 0 Å². The lowest BCUT2D eigenvalue weighted by atomic mass is 10.0. The molecule has 1 aliphatic rings. The van der Waals surface area contributed by atoms with Gasteiger partial charge >= 0.3 is 0 Å². The fourth-order valence-corrected chi connectivity index (χ4v) is 3.40. The van der Waals surface area contributed by atoms with Crippen LogP contribution in [0, 0.1) is 0 Å². The molecular weight excluding hydrogens is 298 g/mol. The normalized spacial score (nSPS) is 23.3. The van der Waals surface area contributed by atoms with Crippen molar-refractivity contribution in [2.24, 2.45) is 4.99 Å².